The van der Waals surface area contributed by atoms with Gasteiger partial charge >= 0.3 is 0 Å². The second-order valence-corrected chi connectivity index (χ2v) is 5.81. The normalized spacial score (nSPS) is 12.6. The van der Waals surface area contributed by atoms with Gasteiger partial charge in [0.25, 0.3) is 0 Å². The van der Waals surface area contributed by atoms with E-state index in [9.17, 15) is 0 Å². The predicted octanol–water partition coefficient (Wildman–Crippen LogP) is 3.43. The molecular formula is C14H19ClN4S. The summed E-state index contributed by atoms with van der Waals surface area (Å²) in [6.45, 7) is 5.16. The molecule has 0 aliphatic heterocycles. The van der Waals surface area contributed by atoms with Crippen LogP contribution in [0.2, 0.25) is 5.02 Å². The van der Waals surface area contributed by atoms with Crippen LogP contribution in [0, 0.1) is 0 Å². The summed E-state index contributed by atoms with van der Waals surface area (Å²) >= 11 is 7.69. The zero-order chi connectivity index (χ0) is 14.4. The van der Waals surface area contributed by atoms with Gasteiger partial charge in [0.05, 0.1) is 15.6 Å². The molecule has 4 nitrogen and oxygen atoms in total. The molecule has 0 fully saturated rings. The van der Waals surface area contributed by atoms with Gasteiger partial charge in [-0.15, -0.1) is 5.10 Å². The van der Waals surface area contributed by atoms with E-state index in [4.69, 9.17) is 11.6 Å². The molecule has 0 aliphatic carbocycles. The number of aromatic nitrogens is 3. The Labute approximate surface area is 128 Å². The third-order valence-corrected chi connectivity index (χ3v) is 4.34. The van der Waals surface area contributed by atoms with E-state index in [-0.39, 0.29) is 6.04 Å². The van der Waals surface area contributed by atoms with Crippen molar-refractivity contribution in [2.24, 2.45) is 0 Å². The monoisotopic (exact) mass is 310 g/mol. The molecule has 0 aliphatic rings. The zero-order valence-electron chi connectivity index (χ0n) is 11.8. The summed E-state index contributed by atoms with van der Waals surface area (Å²) in [5.74, 6) is 0. The lowest BCUT2D eigenvalue weighted by Gasteiger charge is -2.17. The van der Waals surface area contributed by atoms with Crippen molar-refractivity contribution in [2.45, 2.75) is 39.2 Å². The van der Waals surface area contributed by atoms with E-state index in [1.54, 1.807) is 12.4 Å². The number of hydrogen-bond donors (Lipinski definition) is 1. The summed E-state index contributed by atoms with van der Waals surface area (Å²) < 4.78 is 4.11. The van der Waals surface area contributed by atoms with Crippen LogP contribution in [0.1, 0.15) is 42.4 Å². The molecule has 1 unspecified atom stereocenters. The number of rotatable bonds is 7. The molecule has 108 valence electrons. The maximum atomic E-state index is 6.21. The van der Waals surface area contributed by atoms with E-state index in [1.165, 1.54) is 16.4 Å². The number of pyridine rings is 1. The Morgan fingerprint density at radius 1 is 1.40 bits per heavy atom. The van der Waals surface area contributed by atoms with Gasteiger partial charge in [-0.3, -0.25) is 4.98 Å². The van der Waals surface area contributed by atoms with Crippen LogP contribution >= 0.6 is 23.1 Å². The lowest BCUT2D eigenvalue weighted by molar-refractivity contribution is 0.551. The van der Waals surface area contributed by atoms with Crippen molar-refractivity contribution in [3.63, 3.8) is 0 Å². The number of hydrogen-bond acceptors (Lipinski definition) is 5. The Hall–Kier alpha value is -1.04. The maximum Gasteiger partial charge on any atom is 0.0803 e. The van der Waals surface area contributed by atoms with Crippen molar-refractivity contribution in [3.05, 3.63) is 39.6 Å². The van der Waals surface area contributed by atoms with E-state index in [2.05, 4.69) is 33.7 Å². The average Bonchev–Trinajstić information content (AvgIpc) is 2.89. The third kappa shape index (κ3) is 3.75. The molecule has 20 heavy (non-hydrogen) atoms. The first kappa shape index (κ1) is 15.4. The van der Waals surface area contributed by atoms with Gasteiger partial charge in [-0.25, -0.2) is 0 Å². The average molecular weight is 311 g/mol. The number of halogens is 1. The molecule has 2 heterocycles. The second kappa shape index (κ2) is 7.67. The highest BCUT2D eigenvalue weighted by Crippen LogP contribution is 2.27. The van der Waals surface area contributed by atoms with Crippen molar-refractivity contribution in [1.29, 1.82) is 0 Å². The van der Waals surface area contributed by atoms with Crippen molar-refractivity contribution < 1.29 is 0 Å². The quantitative estimate of drug-likeness (QED) is 0.851. The number of aryl methyl sites for hydroxylation is 1. The molecule has 6 heteroatoms. The first-order valence-electron chi connectivity index (χ1n) is 6.89. The molecule has 0 saturated heterocycles. The summed E-state index contributed by atoms with van der Waals surface area (Å²) in [4.78, 5) is 5.26. The summed E-state index contributed by atoms with van der Waals surface area (Å²) in [7, 11) is 0. The lowest BCUT2D eigenvalue weighted by atomic mass is 10.0. The highest BCUT2D eigenvalue weighted by Gasteiger charge is 2.19. The number of nitrogens with zero attached hydrogens (tertiary/aromatic N) is 3. The van der Waals surface area contributed by atoms with Crippen LogP contribution in [-0.2, 0) is 12.8 Å². The lowest BCUT2D eigenvalue weighted by Crippen LogP contribution is -2.23. The fraction of sp³-hybridized carbons (Fsp3) is 0.500. The van der Waals surface area contributed by atoms with Crippen molar-refractivity contribution in [3.8, 4) is 0 Å². The summed E-state index contributed by atoms with van der Waals surface area (Å²) in [5, 5.41) is 8.48. The standard InChI is InChI=1S/C14H19ClN4S/c1-3-5-12-14(20-19-18-12)13(17-4-2)8-10-6-7-16-9-11(10)15/h6-7,9,13,17H,3-5,8H2,1-2H3. The highest BCUT2D eigenvalue weighted by atomic mass is 35.5. The van der Waals surface area contributed by atoms with Crippen LogP contribution in [0.3, 0.4) is 0 Å². The molecule has 1 atom stereocenters. The second-order valence-electron chi connectivity index (χ2n) is 4.62. The number of likely N-dealkylation sites (N-methyl/N-ethyl adjacent to an activating group) is 1. The summed E-state index contributed by atoms with van der Waals surface area (Å²) in [6.07, 6.45) is 6.35. The molecule has 2 rings (SSSR count). The van der Waals surface area contributed by atoms with E-state index in [1.807, 2.05) is 6.07 Å². The Balaban J connectivity index is 2.22. The van der Waals surface area contributed by atoms with Crippen LogP contribution < -0.4 is 5.32 Å². The SMILES string of the molecule is CCCc1nnsc1C(Cc1ccncc1Cl)NCC. The van der Waals surface area contributed by atoms with Crippen molar-refractivity contribution >= 4 is 23.1 Å². The molecule has 0 saturated carbocycles. The molecule has 0 spiro atoms. The van der Waals surface area contributed by atoms with Gasteiger partial charge in [0.2, 0.25) is 0 Å². The van der Waals surface area contributed by atoms with Gasteiger partial charge in [-0.1, -0.05) is 36.4 Å². The Kier molecular flexibility index (Phi) is 5.88. The van der Waals surface area contributed by atoms with Gasteiger partial charge in [0.1, 0.15) is 0 Å². The molecular weight excluding hydrogens is 292 g/mol. The largest absolute Gasteiger partial charge is 0.309 e. The first-order chi connectivity index (χ1) is 9.76. The van der Waals surface area contributed by atoms with E-state index < -0.39 is 0 Å². The Bertz CT molecular complexity index is 543. The van der Waals surface area contributed by atoms with E-state index in [0.717, 1.165) is 37.1 Å². The fourth-order valence-corrected chi connectivity index (χ4v) is 3.15. The van der Waals surface area contributed by atoms with Crippen LogP contribution in [0.4, 0.5) is 0 Å². The number of nitrogens with one attached hydrogen (secondary N) is 1. The smallest absolute Gasteiger partial charge is 0.0803 e. The van der Waals surface area contributed by atoms with Gasteiger partial charge in [0, 0.05) is 18.4 Å². The van der Waals surface area contributed by atoms with Crippen LogP contribution in [0.15, 0.2) is 18.5 Å². The third-order valence-electron chi connectivity index (χ3n) is 3.12. The topological polar surface area (TPSA) is 50.7 Å². The van der Waals surface area contributed by atoms with Crippen LogP contribution in [-0.4, -0.2) is 21.1 Å². The minimum Gasteiger partial charge on any atom is -0.309 e. The molecule has 0 radical (unpaired) electrons. The first-order valence-corrected chi connectivity index (χ1v) is 8.04. The van der Waals surface area contributed by atoms with E-state index >= 15 is 0 Å². The van der Waals surface area contributed by atoms with Gasteiger partial charge < -0.3 is 5.32 Å². The Morgan fingerprint density at radius 3 is 2.95 bits per heavy atom. The van der Waals surface area contributed by atoms with Crippen molar-refractivity contribution in [2.75, 3.05) is 6.54 Å². The van der Waals surface area contributed by atoms with Crippen LogP contribution in [0.5, 0.6) is 0 Å². The van der Waals surface area contributed by atoms with Gasteiger partial charge in [-0.05, 0) is 42.5 Å². The molecule has 0 aromatic carbocycles. The minimum absolute atomic E-state index is 0.210. The molecule has 0 bridgehead atoms. The molecule has 0 amide bonds. The van der Waals surface area contributed by atoms with E-state index in [0.29, 0.717) is 5.02 Å². The molecule has 1 N–H and O–H groups in total. The fourth-order valence-electron chi connectivity index (χ4n) is 2.18. The van der Waals surface area contributed by atoms with Crippen molar-refractivity contribution in [1.82, 2.24) is 19.9 Å². The zero-order valence-corrected chi connectivity index (χ0v) is 13.3. The van der Waals surface area contributed by atoms with Crippen LogP contribution in [0.25, 0.3) is 0 Å². The molecule has 2 aromatic heterocycles. The summed E-state index contributed by atoms with van der Waals surface area (Å²) in [5.41, 5.74) is 2.21. The highest BCUT2D eigenvalue weighted by molar-refractivity contribution is 7.05. The van der Waals surface area contributed by atoms with Gasteiger partial charge in [-0.2, -0.15) is 0 Å². The predicted molar refractivity (Wildman–Crippen MR) is 83.3 cm³/mol. The molecule has 2 aromatic rings. The maximum absolute atomic E-state index is 6.21. The van der Waals surface area contributed by atoms with Gasteiger partial charge in [0.15, 0.2) is 0 Å². The summed E-state index contributed by atoms with van der Waals surface area (Å²) in [6, 6.07) is 2.18. The Morgan fingerprint density at radius 2 is 2.25 bits per heavy atom. The minimum atomic E-state index is 0.210.